The third-order valence-electron chi connectivity index (χ3n) is 2.93. The summed E-state index contributed by atoms with van der Waals surface area (Å²) in [6.07, 6.45) is 0.916. The molecule has 0 bridgehead atoms. The Morgan fingerprint density at radius 1 is 1.25 bits per heavy atom. The molecule has 0 spiro atoms. The van der Waals surface area contributed by atoms with Gasteiger partial charge in [0.15, 0.2) is 0 Å². The summed E-state index contributed by atoms with van der Waals surface area (Å²) in [5.74, 6) is 1.40. The van der Waals surface area contributed by atoms with E-state index in [0.717, 1.165) is 12.0 Å². The molecule has 20 heavy (non-hydrogen) atoms. The van der Waals surface area contributed by atoms with Crippen molar-refractivity contribution in [2.24, 2.45) is 0 Å². The third kappa shape index (κ3) is 3.27. The maximum absolute atomic E-state index is 10.7. The Morgan fingerprint density at radius 2 is 2.05 bits per heavy atom. The lowest BCUT2D eigenvalue weighted by Gasteiger charge is -2.10. The fourth-order valence-electron chi connectivity index (χ4n) is 1.84. The highest BCUT2D eigenvalue weighted by Gasteiger charge is 2.11. The van der Waals surface area contributed by atoms with Crippen LogP contribution in [0.15, 0.2) is 42.5 Å². The SMILES string of the molecule is CCc1cccc(Oc2ccc([N+](=O)[O-])cc2CCl)c1. The fourth-order valence-corrected chi connectivity index (χ4v) is 2.05. The van der Waals surface area contributed by atoms with E-state index >= 15 is 0 Å². The molecule has 2 rings (SSSR count). The molecule has 0 aliphatic carbocycles. The van der Waals surface area contributed by atoms with Gasteiger partial charge in [-0.3, -0.25) is 10.1 Å². The molecule has 0 atom stereocenters. The first kappa shape index (κ1) is 14.3. The maximum atomic E-state index is 10.7. The van der Waals surface area contributed by atoms with Crippen LogP contribution in [0.1, 0.15) is 18.1 Å². The molecule has 0 fully saturated rings. The Hall–Kier alpha value is -2.07. The molecule has 0 aromatic heterocycles. The average molecular weight is 292 g/mol. The maximum Gasteiger partial charge on any atom is 0.270 e. The first-order chi connectivity index (χ1) is 9.63. The lowest BCUT2D eigenvalue weighted by molar-refractivity contribution is -0.384. The van der Waals surface area contributed by atoms with Gasteiger partial charge in [-0.1, -0.05) is 19.1 Å². The lowest BCUT2D eigenvalue weighted by Crippen LogP contribution is -1.94. The number of nitro benzene ring substituents is 1. The standard InChI is InChI=1S/C15H14ClNO3/c1-2-11-4-3-5-14(8-11)20-15-7-6-13(17(18)19)9-12(15)10-16/h3-9H,2,10H2,1H3. The Kier molecular flexibility index (Phi) is 4.58. The molecule has 0 heterocycles. The van der Waals surface area contributed by atoms with Crippen LogP contribution in [-0.2, 0) is 12.3 Å². The molecule has 2 aromatic carbocycles. The van der Waals surface area contributed by atoms with E-state index in [2.05, 4.69) is 6.92 Å². The number of non-ortho nitro benzene ring substituents is 1. The number of aryl methyl sites for hydroxylation is 1. The molecule has 104 valence electrons. The van der Waals surface area contributed by atoms with Crippen molar-refractivity contribution >= 4 is 17.3 Å². The zero-order valence-corrected chi connectivity index (χ0v) is 11.8. The summed E-state index contributed by atoms with van der Waals surface area (Å²) in [7, 11) is 0. The van der Waals surface area contributed by atoms with Gasteiger partial charge in [0.2, 0.25) is 0 Å². The first-order valence-electron chi connectivity index (χ1n) is 6.24. The van der Waals surface area contributed by atoms with E-state index in [9.17, 15) is 10.1 Å². The normalized spacial score (nSPS) is 10.3. The number of ether oxygens (including phenoxy) is 1. The van der Waals surface area contributed by atoms with E-state index in [1.807, 2.05) is 24.3 Å². The molecule has 0 saturated carbocycles. The predicted octanol–water partition coefficient (Wildman–Crippen LogP) is 4.69. The van der Waals surface area contributed by atoms with Gasteiger partial charge < -0.3 is 4.74 Å². The zero-order valence-electron chi connectivity index (χ0n) is 11.0. The number of nitrogens with zero attached hydrogens (tertiary/aromatic N) is 1. The topological polar surface area (TPSA) is 52.4 Å². The Balaban J connectivity index is 2.30. The molecule has 0 N–H and O–H groups in total. The van der Waals surface area contributed by atoms with Crippen molar-refractivity contribution in [1.29, 1.82) is 0 Å². The van der Waals surface area contributed by atoms with E-state index in [1.165, 1.54) is 12.1 Å². The Bertz CT molecular complexity index is 628. The fraction of sp³-hybridized carbons (Fsp3) is 0.200. The largest absolute Gasteiger partial charge is 0.457 e. The van der Waals surface area contributed by atoms with Crippen LogP contribution in [0.4, 0.5) is 5.69 Å². The van der Waals surface area contributed by atoms with Gasteiger partial charge in [-0.05, 0) is 30.2 Å². The molecule has 0 unspecified atom stereocenters. The van der Waals surface area contributed by atoms with Crippen molar-refractivity contribution in [2.75, 3.05) is 0 Å². The molecular formula is C15H14ClNO3. The van der Waals surface area contributed by atoms with E-state index in [0.29, 0.717) is 17.1 Å². The summed E-state index contributed by atoms with van der Waals surface area (Å²) in [5.41, 5.74) is 1.77. The van der Waals surface area contributed by atoms with Gasteiger partial charge in [0.25, 0.3) is 5.69 Å². The van der Waals surface area contributed by atoms with Crippen LogP contribution in [0.2, 0.25) is 0 Å². The average Bonchev–Trinajstić information content (AvgIpc) is 2.47. The van der Waals surface area contributed by atoms with Crippen LogP contribution in [0.5, 0.6) is 11.5 Å². The number of benzene rings is 2. The highest BCUT2D eigenvalue weighted by Crippen LogP contribution is 2.30. The van der Waals surface area contributed by atoms with Gasteiger partial charge in [-0.25, -0.2) is 0 Å². The molecule has 0 radical (unpaired) electrons. The minimum absolute atomic E-state index is 0.00955. The van der Waals surface area contributed by atoms with Gasteiger partial charge in [0, 0.05) is 17.7 Å². The van der Waals surface area contributed by atoms with Crippen LogP contribution in [0.25, 0.3) is 0 Å². The summed E-state index contributed by atoms with van der Waals surface area (Å²) in [4.78, 5) is 10.3. The second-order valence-electron chi connectivity index (χ2n) is 4.29. The highest BCUT2D eigenvalue weighted by molar-refractivity contribution is 6.17. The van der Waals surface area contributed by atoms with Crippen molar-refractivity contribution in [1.82, 2.24) is 0 Å². The second kappa shape index (κ2) is 6.39. The highest BCUT2D eigenvalue weighted by atomic mass is 35.5. The van der Waals surface area contributed by atoms with E-state index in [1.54, 1.807) is 6.07 Å². The molecule has 2 aromatic rings. The van der Waals surface area contributed by atoms with Gasteiger partial charge in [0.1, 0.15) is 11.5 Å². The van der Waals surface area contributed by atoms with Crippen molar-refractivity contribution in [3.8, 4) is 11.5 Å². The number of hydrogen-bond donors (Lipinski definition) is 0. The smallest absolute Gasteiger partial charge is 0.270 e. The van der Waals surface area contributed by atoms with Crippen LogP contribution < -0.4 is 4.74 Å². The zero-order chi connectivity index (χ0) is 14.5. The second-order valence-corrected chi connectivity index (χ2v) is 4.55. The van der Waals surface area contributed by atoms with Crippen molar-refractivity contribution in [3.63, 3.8) is 0 Å². The molecule has 5 heteroatoms. The van der Waals surface area contributed by atoms with Crippen molar-refractivity contribution < 1.29 is 9.66 Å². The summed E-state index contributed by atoms with van der Waals surface area (Å²) in [5, 5.41) is 10.7. The van der Waals surface area contributed by atoms with Crippen molar-refractivity contribution in [2.45, 2.75) is 19.2 Å². The van der Waals surface area contributed by atoms with Crippen LogP contribution >= 0.6 is 11.6 Å². The quantitative estimate of drug-likeness (QED) is 0.456. The lowest BCUT2D eigenvalue weighted by atomic mass is 10.1. The number of hydrogen-bond acceptors (Lipinski definition) is 3. The molecule has 4 nitrogen and oxygen atoms in total. The summed E-state index contributed by atoms with van der Waals surface area (Å²) < 4.78 is 5.77. The van der Waals surface area contributed by atoms with Crippen LogP contribution in [0.3, 0.4) is 0 Å². The third-order valence-corrected chi connectivity index (χ3v) is 3.22. The molecule has 0 aliphatic heterocycles. The number of nitro groups is 1. The van der Waals surface area contributed by atoms with E-state index in [4.69, 9.17) is 16.3 Å². The first-order valence-corrected chi connectivity index (χ1v) is 6.77. The summed E-state index contributed by atoms with van der Waals surface area (Å²) in [6.45, 7) is 2.06. The van der Waals surface area contributed by atoms with E-state index in [-0.39, 0.29) is 11.6 Å². The molecule has 0 saturated heterocycles. The Morgan fingerprint density at radius 3 is 2.70 bits per heavy atom. The number of alkyl halides is 1. The predicted molar refractivity (Wildman–Crippen MR) is 78.5 cm³/mol. The minimum Gasteiger partial charge on any atom is -0.457 e. The molecule has 0 aliphatic rings. The number of halogens is 1. The monoisotopic (exact) mass is 291 g/mol. The summed E-state index contributed by atoms with van der Waals surface area (Å²) in [6, 6.07) is 12.2. The summed E-state index contributed by atoms with van der Waals surface area (Å²) >= 11 is 5.83. The van der Waals surface area contributed by atoms with E-state index < -0.39 is 4.92 Å². The Labute approximate surface area is 122 Å². The van der Waals surface area contributed by atoms with Crippen LogP contribution in [0, 0.1) is 10.1 Å². The molecule has 0 amide bonds. The minimum atomic E-state index is -0.447. The van der Waals surface area contributed by atoms with Crippen LogP contribution in [-0.4, -0.2) is 4.92 Å². The van der Waals surface area contributed by atoms with Gasteiger partial charge in [-0.15, -0.1) is 11.6 Å². The van der Waals surface area contributed by atoms with Crippen molar-refractivity contribution in [3.05, 3.63) is 63.7 Å². The van der Waals surface area contributed by atoms with Gasteiger partial charge in [0.05, 0.1) is 10.8 Å². The number of rotatable bonds is 5. The van der Waals surface area contributed by atoms with Gasteiger partial charge in [-0.2, -0.15) is 0 Å². The van der Waals surface area contributed by atoms with Gasteiger partial charge >= 0.3 is 0 Å². The molecular weight excluding hydrogens is 278 g/mol.